The van der Waals surface area contributed by atoms with Gasteiger partial charge in [-0.3, -0.25) is 14.8 Å². The van der Waals surface area contributed by atoms with E-state index in [1.54, 1.807) is 29.7 Å². The lowest BCUT2D eigenvalue weighted by molar-refractivity contribution is 0.0706. The third-order valence-electron chi connectivity index (χ3n) is 4.40. The zero-order chi connectivity index (χ0) is 19.6. The molecule has 1 aromatic heterocycles. The Bertz CT molecular complexity index is 938. The van der Waals surface area contributed by atoms with E-state index in [1.807, 2.05) is 30.3 Å². The molecule has 27 heavy (non-hydrogen) atoms. The highest BCUT2D eigenvalue weighted by Crippen LogP contribution is 2.34. The number of hydrogen-bond acceptors (Lipinski definition) is 4. The summed E-state index contributed by atoms with van der Waals surface area (Å²) in [5, 5.41) is 12.9. The Labute approximate surface area is 162 Å². The van der Waals surface area contributed by atoms with Crippen LogP contribution in [0.25, 0.3) is 10.1 Å². The van der Waals surface area contributed by atoms with E-state index < -0.39 is 5.91 Å². The van der Waals surface area contributed by atoms with Crippen LogP contribution in [0.3, 0.4) is 0 Å². The van der Waals surface area contributed by atoms with Gasteiger partial charge in [0, 0.05) is 10.3 Å². The molecule has 0 spiro atoms. The summed E-state index contributed by atoms with van der Waals surface area (Å²) in [6, 6.07) is 16.4. The maximum atomic E-state index is 12.9. The van der Waals surface area contributed by atoms with Crippen LogP contribution in [0.4, 0.5) is 0 Å². The summed E-state index contributed by atoms with van der Waals surface area (Å²) in [6.45, 7) is 6.16. The number of nitrogens with one attached hydrogen (secondary N) is 2. The number of carbonyl (C=O) groups is 2. The Morgan fingerprint density at radius 1 is 1.00 bits per heavy atom. The minimum atomic E-state index is -0.567. The van der Waals surface area contributed by atoms with E-state index in [4.69, 9.17) is 5.21 Å². The Balaban J connectivity index is 1.87. The number of hydrogen-bond donors (Lipinski definition) is 3. The van der Waals surface area contributed by atoms with Crippen LogP contribution in [0.5, 0.6) is 0 Å². The van der Waals surface area contributed by atoms with E-state index in [-0.39, 0.29) is 17.4 Å². The molecule has 0 bridgehead atoms. The second-order valence-corrected chi connectivity index (χ2v) is 8.57. The van der Waals surface area contributed by atoms with Gasteiger partial charge in [-0.05, 0) is 40.6 Å². The number of amides is 2. The standard InChI is InChI=1S/C21H22N2O3S/c1-21(2,3)18(13-8-10-14(11-9-13)19(24)23-26)22-20(25)17-12-15-6-4-5-7-16(15)27-17/h4-12,18,26H,1-3H3,(H,22,25)(H,23,24). The van der Waals surface area contributed by atoms with E-state index in [1.165, 1.54) is 11.3 Å². The van der Waals surface area contributed by atoms with Crippen molar-refractivity contribution in [3.63, 3.8) is 0 Å². The molecule has 2 aromatic carbocycles. The van der Waals surface area contributed by atoms with Crippen LogP contribution in [-0.2, 0) is 0 Å². The van der Waals surface area contributed by atoms with E-state index >= 15 is 0 Å². The molecule has 0 saturated carbocycles. The van der Waals surface area contributed by atoms with Crippen molar-refractivity contribution < 1.29 is 14.8 Å². The fourth-order valence-electron chi connectivity index (χ4n) is 2.99. The highest BCUT2D eigenvalue weighted by atomic mass is 32.1. The van der Waals surface area contributed by atoms with Crippen molar-refractivity contribution in [2.24, 2.45) is 5.41 Å². The highest BCUT2D eigenvalue weighted by molar-refractivity contribution is 7.20. The largest absolute Gasteiger partial charge is 0.344 e. The number of hydroxylamine groups is 1. The second-order valence-electron chi connectivity index (χ2n) is 7.48. The van der Waals surface area contributed by atoms with Gasteiger partial charge in [0.25, 0.3) is 11.8 Å². The molecule has 1 atom stereocenters. The number of rotatable bonds is 4. The second kappa shape index (κ2) is 7.50. The number of thiophene rings is 1. The van der Waals surface area contributed by atoms with E-state index in [0.29, 0.717) is 10.4 Å². The maximum Gasteiger partial charge on any atom is 0.274 e. The van der Waals surface area contributed by atoms with Gasteiger partial charge in [0.1, 0.15) is 0 Å². The first kappa shape index (κ1) is 19.1. The SMILES string of the molecule is CC(C)(C)C(NC(=O)c1cc2ccccc2s1)c1ccc(C(=O)NO)cc1. The first-order valence-electron chi connectivity index (χ1n) is 8.63. The van der Waals surface area contributed by atoms with Crippen LogP contribution in [0.1, 0.15) is 52.4 Å². The smallest absolute Gasteiger partial charge is 0.274 e. The third-order valence-corrected chi connectivity index (χ3v) is 5.51. The van der Waals surface area contributed by atoms with Gasteiger partial charge < -0.3 is 5.32 Å². The zero-order valence-corrected chi connectivity index (χ0v) is 16.3. The molecule has 0 aliphatic carbocycles. The summed E-state index contributed by atoms with van der Waals surface area (Å²) in [6.07, 6.45) is 0. The van der Waals surface area contributed by atoms with Crippen LogP contribution in [0.2, 0.25) is 0 Å². The van der Waals surface area contributed by atoms with Crippen LogP contribution >= 0.6 is 11.3 Å². The number of carbonyl (C=O) groups excluding carboxylic acids is 2. The monoisotopic (exact) mass is 382 g/mol. The Hall–Kier alpha value is -2.70. The highest BCUT2D eigenvalue weighted by Gasteiger charge is 2.28. The van der Waals surface area contributed by atoms with Crippen molar-refractivity contribution in [1.29, 1.82) is 0 Å². The molecule has 6 heteroatoms. The van der Waals surface area contributed by atoms with Gasteiger partial charge in [-0.15, -0.1) is 11.3 Å². The van der Waals surface area contributed by atoms with Gasteiger partial charge in [-0.25, -0.2) is 5.48 Å². The average molecular weight is 382 g/mol. The lowest BCUT2D eigenvalue weighted by Crippen LogP contribution is -2.36. The van der Waals surface area contributed by atoms with Gasteiger partial charge in [0.2, 0.25) is 0 Å². The van der Waals surface area contributed by atoms with Gasteiger partial charge in [0.15, 0.2) is 0 Å². The quantitative estimate of drug-likeness (QED) is 0.458. The van der Waals surface area contributed by atoms with Gasteiger partial charge in [-0.2, -0.15) is 0 Å². The summed E-state index contributed by atoms with van der Waals surface area (Å²) in [5.41, 5.74) is 2.64. The number of benzene rings is 2. The molecule has 3 rings (SSSR count). The van der Waals surface area contributed by atoms with Gasteiger partial charge in [0.05, 0.1) is 10.9 Å². The predicted octanol–water partition coefficient (Wildman–Crippen LogP) is 4.54. The maximum absolute atomic E-state index is 12.9. The van der Waals surface area contributed by atoms with Crippen molar-refractivity contribution >= 4 is 33.2 Å². The van der Waals surface area contributed by atoms with Crippen molar-refractivity contribution in [1.82, 2.24) is 10.8 Å². The lowest BCUT2D eigenvalue weighted by atomic mass is 9.82. The van der Waals surface area contributed by atoms with Crippen LogP contribution < -0.4 is 10.8 Å². The van der Waals surface area contributed by atoms with Crippen molar-refractivity contribution in [3.8, 4) is 0 Å². The molecule has 0 fully saturated rings. The fourth-order valence-corrected chi connectivity index (χ4v) is 3.95. The zero-order valence-electron chi connectivity index (χ0n) is 15.4. The summed E-state index contributed by atoms with van der Waals surface area (Å²) < 4.78 is 1.08. The summed E-state index contributed by atoms with van der Waals surface area (Å²) >= 11 is 1.47. The molecule has 0 radical (unpaired) electrons. The third kappa shape index (κ3) is 4.18. The molecule has 140 valence electrons. The summed E-state index contributed by atoms with van der Waals surface area (Å²) in [7, 11) is 0. The lowest BCUT2D eigenvalue weighted by Gasteiger charge is -2.32. The summed E-state index contributed by atoms with van der Waals surface area (Å²) in [4.78, 5) is 25.0. The van der Waals surface area contributed by atoms with Crippen molar-refractivity contribution in [2.75, 3.05) is 0 Å². The van der Waals surface area contributed by atoms with E-state index in [0.717, 1.165) is 15.6 Å². The fraction of sp³-hybridized carbons (Fsp3) is 0.238. The molecule has 1 unspecified atom stereocenters. The normalized spacial score (nSPS) is 12.6. The minimum absolute atomic E-state index is 0.117. The van der Waals surface area contributed by atoms with Gasteiger partial charge >= 0.3 is 0 Å². The first-order chi connectivity index (χ1) is 12.8. The molecule has 5 nitrogen and oxygen atoms in total. The van der Waals surface area contributed by atoms with Crippen molar-refractivity contribution in [3.05, 3.63) is 70.6 Å². The van der Waals surface area contributed by atoms with E-state index in [2.05, 4.69) is 26.1 Å². The van der Waals surface area contributed by atoms with Crippen LogP contribution in [0.15, 0.2) is 54.6 Å². The predicted molar refractivity (Wildman–Crippen MR) is 107 cm³/mol. The average Bonchev–Trinajstić information content (AvgIpc) is 3.09. The molecule has 0 aliphatic rings. The van der Waals surface area contributed by atoms with Crippen LogP contribution in [0, 0.1) is 5.41 Å². The molecule has 0 saturated heterocycles. The Morgan fingerprint density at radius 2 is 1.67 bits per heavy atom. The van der Waals surface area contributed by atoms with Gasteiger partial charge in [-0.1, -0.05) is 51.1 Å². The molecule has 2 amide bonds. The van der Waals surface area contributed by atoms with Crippen molar-refractivity contribution in [2.45, 2.75) is 26.8 Å². The molecule has 1 heterocycles. The first-order valence-corrected chi connectivity index (χ1v) is 9.45. The minimum Gasteiger partial charge on any atom is -0.344 e. The summed E-state index contributed by atoms with van der Waals surface area (Å²) in [5.74, 6) is -0.684. The molecule has 3 aromatic rings. The molecule has 0 aliphatic heterocycles. The number of fused-ring (bicyclic) bond motifs is 1. The Morgan fingerprint density at radius 3 is 2.26 bits per heavy atom. The van der Waals surface area contributed by atoms with Crippen LogP contribution in [-0.4, -0.2) is 17.0 Å². The topological polar surface area (TPSA) is 78.4 Å². The molecular weight excluding hydrogens is 360 g/mol. The Kier molecular flexibility index (Phi) is 5.30. The molecule has 3 N–H and O–H groups in total. The van der Waals surface area contributed by atoms with E-state index in [9.17, 15) is 9.59 Å². The molecular formula is C21H22N2O3S.